The van der Waals surface area contributed by atoms with Gasteiger partial charge >= 0.3 is 0 Å². The topological polar surface area (TPSA) is 12.0 Å². The maximum absolute atomic E-state index is 6.05. The minimum absolute atomic E-state index is 0.260. The monoisotopic (exact) mass is 429 g/mol. The first-order valence-corrected chi connectivity index (χ1v) is 9.00. The van der Waals surface area contributed by atoms with Crippen LogP contribution >= 0.6 is 43.5 Å². The molecule has 0 fully saturated rings. The number of benzene rings is 2. The third-order valence-electron chi connectivity index (χ3n) is 3.36. The predicted octanol–water partition coefficient (Wildman–Crippen LogP) is 6.15. The molecule has 0 aliphatic rings. The van der Waals surface area contributed by atoms with E-state index in [-0.39, 0.29) is 6.04 Å². The predicted molar refractivity (Wildman–Crippen MR) is 98.0 cm³/mol. The van der Waals surface area contributed by atoms with Crippen LogP contribution < -0.4 is 5.32 Å². The zero-order chi connectivity index (χ0) is 15.2. The summed E-state index contributed by atoms with van der Waals surface area (Å²) in [7, 11) is 0. The van der Waals surface area contributed by atoms with Gasteiger partial charge in [-0.2, -0.15) is 0 Å². The van der Waals surface area contributed by atoms with Crippen molar-refractivity contribution in [3.63, 3.8) is 0 Å². The highest BCUT2D eigenvalue weighted by Crippen LogP contribution is 2.30. The van der Waals surface area contributed by atoms with E-state index in [4.69, 9.17) is 11.6 Å². The maximum Gasteiger partial charge on any atom is 0.0417 e. The van der Waals surface area contributed by atoms with Crippen molar-refractivity contribution in [1.29, 1.82) is 0 Å². The van der Waals surface area contributed by atoms with Crippen molar-refractivity contribution in [2.45, 2.75) is 25.8 Å². The van der Waals surface area contributed by atoms with Crippen LogP contribution in [0.25, 0.3) is 0 Å². The second-order valence-electron chi connectivity index (χ2n) is 4.97. The van der Waals surface area contributed by atoms with Crippen LogP contribution in [0.2, 0.25) is 5.02 Å². The Morgan fingerprint density at radius 2 is 1.86 bits per heavy atom. The molecule has 0 heterocycles. The van der Waals surface area contributed by atoms with Gasteiger partial charge in [0.15, 0.2) is 0 Å². The first-order chi connectivity index (χ1) is 10.1. The van der Waals surface area contributed by atoms with E-state index in [9.17, 15) is 0 Å². The Morgan fingerprint density at radius 1 is 1.10 bits per heavy atom. The lowest BCUT2D eigenvalue weighted by Crippen LogP contribution is -2.24. The molecule has 0 radical (unpaired) electrons. The minimum Gasteiger partial charge on any atom is -0.310 e. The number of rotatable bonds is 6. The molecule has 0 spiro atoms. The van der Waals surface area contributed by atoms with Crippen LogP contribution in [0, 0.1) is 0 Å². The molecule has 21 heavy (non-hydrogen) atoms. The molecule has 4 heteroatoms. The van der Waals surface area contributed by atoms with Gasteiger partial charge in [0.05, 0.1) is 0 Å². The van der Waals surface area contributed by atoms with E-state index in [2.05, 4.69) is 68.4 Å². The van der Waals surface area contributed by atoms with Gasteiger partial charge < -0.3 is 5.32 Å². The van der Waals surface area contributed by atoms with Gasteiger partial charge in [0, 0.05) is 20.0 Å². The Morgan fingerprint density at radius 3 is 2.52 bits per heavy atom. The summed E-state index contributed by atoms with van der Waals surface area (Å²) in [6.45, 7) is 3.17. The SMILES string of the molecule is CCCNC(Cc1ccccc1Br)c1ccc(Cl)cc1Br. The van der Waals surface area contributed by atoms with Gasteiger partial charge in [-0.1, -0.05) is 74.7 Å². The zero-order valence-corrected chi connectivity index (χ0v) is 15.8. The Bertz CT molecular complexity index is 601. The van der Waals surface area contributed by atoms with Crippen molar-refractivity contribution in [2.75, 3.05) is 6.54 Å². The van der Waals surface area contributed by atoms with E-state index >= 15 is 0 Å². The highest BCUT2D eigenvalue weighted by Gasteiger charge is 2.16. The molecule has 2 rings (SSSR count). The molecular weight excluding hydrogens is 413 g/mol. The van der Waals surface area contributed by atoms with E-state index in [1.165, 1.54) is 11.1 Å². The maximum atomic E-state index is 6.05. The van der Waals surface area contributed by atoms with Gasteiger partial charge in [-0.05, 0) is 48.7 Å². The van der Waals surface area contributed by atoms with Gasteiger partial charge in [-0.3, -0.25) is 0 Å². The summed E-state index contributed by atoms with van der Waals surface area (Å²) in [5.74, 6) is 0. The molecule has 0 aliphatic heterocycles. The molecule has 0 aromatic heterocycles. The summed E-state index contributed by atoms with van der Waals surface area (Å²) in [6.07, 6.45) is 2.04. The Labute approximate surface area is 148 Å². The molecular formula is C17H18Br2ClN. The number of halogens is 3. The van der Waals surface area contributed by atoms with Crippen LogP contribution in [-0.4, -0.2) is 6.54 Å². The standard InChI is InChI=1S/C17H18Br2ClN/c1-2-9-21-17(10-12-5-3-4-6-15(12)18)14-8-7-13(20)11-16(14)19/h3-8,11,17,21H,2,9-10H2,1H3. The van der Waals surface area contributed by atoms with Crippen LogP contribution in [-0.2, 0) is 6.42 Å². The highest BCUT2D eigenvalue weighted by molar-refractivity contribution is 9.10. The van der Waals surface area contributed by atoms with E-state index in [1.807, 2.05) is 18.2 Å². The van der Waals surface area contributed by atoms with E-state index in [0.717, 1.165) is 33.4 Å². The number of hydrogen-bond acceptors (Lipinski definition) is 1. The fourth-order valence-corrected chi connectivity index (χ4v) is 3.68. The Balaban J connectivity index is 2.27. The van der Waals surface area contributed by atoms with E-state index < -0.39 is 0 Å². The van der Waals surface area contributed by atoms with Crippen LogP contribution in [0.5, 0.6) is 0 Å². The number of hydrogen-bond donors (Lipinski definition) is 1. The van der Waals surface area contributed by atoms with Gasteiger partial charge in [0.25, 0.3) is 0 Å². The average molecular weight is 432 g/mol. The van der Waals surface area contributed by atoms with Crippen molar-refractivity contribution >= 4 is 43.5 Å². The largest absolute Gasteiger partial charge is 0.310 e. The summed E-state index contributed by atoms with van der Waals surface area (Å²) >= 11 is 13.3. The average Bonchev–Trinajstić information content (AvgIpc) is 2.46. The minimum atomic E-state index is 0.260. The normalized spacial score (nSPS) is 12.4. The molecule has 2 aromatic carbocycles. The van der Waals surface area contributed by atoms with Crippen molar-refractivity contribution in [1.82, 2.24) is 5.32 Å². The molecule has 0 aliphatic carbocycles. The van der Waals surface area contributed by atoms with Crippen LogP contribution in [0.4, 0.5) is 0 Å². The molecule has 112 valence electrons. The first-order valence-electron chi connectivity index (χ1n) is 7.03. The third kappa shape index (κ3) is 4.82. The summed E-state index contributed by atoms with van der Waals surface area (Å²) in [5.41, 5.74) is 2.54. The van der Waals surface area contributed by atoms with E-state index in [0.29, 0.717) is 0 Å². The number of nitrogens with one attached hydrogen (secondary N) is 1. The smallest absolute Gasteiger partial charge is 0.0417 e. The summed E-state index contributed by atoms with van der Waals surface area (Å²) < 4.78 is 2.20. The van der Waals surface area contributed by atoms with Gasteiger partial charge in [0.1, 0.15) is 0 Å². The lowest BCUT2D eigenvalue weighted by molar-refractivity contribution is 0.527. The van der Waals surface area contributed by atoms with Crippen molar-refractivity contribution in [3.05, 3.63) is 67.6 Å². The van der Waals surface area contributed by atoms with Crippen molar-refractivity contribution in [2.24, 2.45) is 0 Å². The van der Waals surface area contributed by atoms with Crippen molar-refractivity contribution in [3.8, 4) is 0 Å². The fourth-order valence-electron chi connectivity index (χ4n) is 2.28. The van der Waals surface area contributed by atoms with Gasteiger partial charge in [-0.15, -0.1) is 0 Å². The highest BCUT2D eigenvalue weighted by atomic mass is 79.9. The summed E-state index contributed by atoms with van der Waals surface area (Å²) in [4.78, 5) is 0. The van der Waals surface area contributed by atoms with Crippen LogP contribution in [0.3, 0.4) is 0 Å². The lowest BCUT2D eigenvalue weighted by atomic mass is 9.98. The van der Waals surface area contributed by atoms with E-state index in [1.54, 1.807) is 0 Å². The van der Waals surface area contributed by atoms with Crippen LogP contribution in [0.1, 0.15) is 30.5 Å². The summed E-state index contributed by atoms with van der Waals surface area (Å²) in [5, 5.41) is 4.38. The second kappa shape index (κ2) is 8.33. The quantitative estimate of drug-likeness (QED) is 0.579. The fraction of sp³-hybridized carbons (Fsp3) is 0.294. The van der Waals surface area contributed by atoms with Gasteiger partial charge in [0.2, 0.25) is 0 Å². The zero-order valence-electron chi connectivity index (χ0n) is 11.9. The van der Waals surface area contributed by atoms with Crippen molar-refractivity contribution < 1.29 is 0 Å². The Hall–Kier alpha value is -0.350. The molecule has 1 atom stereocenters. The summed E-state index contributed by atoms with van der Waals surface area (Å²) in [6, 6.07) is 14.6. The molecule has 0 bridgehead atoms. The molecule has 0 saturated carbocycles. The van der Waals surface area contributed by atoms with Crippen LogP contribution in [0.15, 0.2) is 51.4 Å². The molecule has 1 nitrogen and oxygen atoms in total. The molecule has 0 amide bonds. The molecule has 1 unspecified atom stereocenters. The molecule has 0 saturated heterocycles. The molecule has 1 N–H and O–H groups in total. The molecule has 2 aromatic rings. The van der Waals surface area contributed by atoms with Gasteiger partial charge in [-0.25, -0.2) is 0 Å². The Kier molecular flexibility index (Phi) is 6.74. The lowest BCUT2D eigenvalue weighted by Gasteiger charge is -2.21. The second-order valence-corrected chi connectivity index (χ2v) is 7.11. The first kappa shape index (κ1) is 17.0. The third-order valence-corrected chi connectivity index (χ3v) is 5.06.